The molecular formula is C22H27N3. The second kappa shape index (κ2) is 5.57. The first kappa shape index (κ1) is 15.4. The zero-order valence-corrected chi connectivity index (χ0v) is 15.4. The molecule has 1 saturated heterocycles. The van der Waals surface area contributed by atoms with Gasteiger partial charge in [-0.05, 0) is 62.9 Å². The number of aryl methyl sites for hydroxylation is 2. The summed E-state index contributed by atoms with van der Waals surface area (Å²) in [6, 6.07) is 12.9. The van der Waals surface area contributed by atoms with Crippen LogP contribution in [0.1, 0.15) is 34.7 Å². The number of benzene rings is 1. The minimum Gasteiger partial charge on any atom is -0.366 e. The maximum absolute atomic E-state index is 4.47. The summed E-state index contributed by atoms with van der Waals surface area (Å²) in [6.45, 7) is 6.65. The number of likely N-dealkylation sites (tertiary alicyclic amines) is 1. The van der Waals surface area contributed by atoms with Crippen molar-refractivity contribution in [1.82, 2.24) is 9.88 Å². The Labute approximate surface area is 150 Å². The monoisotopic (exact) mass is 333 g/mol. The summed E-state index contributed by atoms with van der Waals surface area (Å²) >= 11 is 0. The summed E-state index contributed by atoms with van der Waals surface area (Å²) in [6.07, 6.45) is 4.50. The number of anilines is 1. The van der Waals surface area contributed by atoms with Gasteiger partial charge in [-0.15, -0.1) is 0 Å². The molecule has 130 valence electrons. The first-order chi connectivity index (χ1) is 12.1. The Kier molecular flexibility index (Phi) is 3.43. The summed E-state index contributed by atoms with van der Waals surface area (Å²) in [7, 11) is 2.32. The van der Waals surface area contributed by atoms with Crippen LogP contribution >= 0.6 is 0 Å². The standard InChI is InChI=1S/C22H27N3/c1-14-4-7-19-18(10-14)21-17-11-20(24(3)13-17)22(21)25(19)9-8-16-6-5-15(2)23-12-16/h4-7,10,12,17,20-22H,8-9,11,13H2,1-3H3/t17-,20+,21-,22-/m1/s1. The van der Waals surface area contributed by atoms with E-state index in [-0.39, 0.29) is 0 Å². The van der Waals surface area contributed by atoms with Gasteiger partial charge < -0.3 is 9.80 Å². The molecule has 2 bridgehead atoms. The van der Waals surface area contributed by atoms with E-state index in [4.69, 9.17) is 0 Å². The normalized spacial score (nSPS) is 30.0. The first-order valence-electron chi connectivity index (χ1n) is 9.61. The fourth-order valence-corrected chi connectivity index (χ4v) is 5.62. The van der Waals surface area contributed by atoms with Crippen molar-refractivity contribution in [2.24, 2.45) is 5.92 Å². The van der Waals surface area contributed by atoms with E-state index in [2.05, 4.69) is 66.0 Å². The van der Waals surface area contributed by atoms with Crippen LogP contribution in [0.4, 0.5) is 5.69 Å². The lowest BCUT2D eigenvalue weighted by molar-refractivity contribution is 0.217. The Hall–Kier alpha value is -1.87. The summed E-state index contributed by atoms with van der Waals surface area (Å²) in [5, 5.41) is 0. The molecule has 0 N–H and O–H groups in total. The molecule has 0 spiro atoms. The van der Waals surface area contributed by atoms with E-state index in [0.29, 0.717) is 6.04 Å². The lowest BCUT2D eigenvalue weighted by atomic mass is 9.86. The third-order valence-electron chi connectivity index (χ3n) is 6.73. The molecule has 1 saturated carbocycles. The van der Waals surface area contributed by atoms with Crippen molar-refractivity contribution in [3.05, 3.63) is 58.9 Å². The number of hydrogen-bond acceptors (Lipinski definition) is 3. The van der Waals surface area contributed by atoms with Crippen molar-refractivity contribution < 1.29 is 0 Å². The average molecular weight is 333 g/mol. The van der Waals surface area contributed by atoms with Crippen LogP contribution in [0.5, 0.6) is 0 Å². The van der Waals surface area contributed by atoms with Gasteiger partial charge in [-0.25, -0.2) is 0 Å². The summed E-state index contributed by atoms with van der Waals surface area (Å²) in [5.41, 5.74) is 6.95. The molecule has 2 fully saturated rings. The third-order valence-corrected chi connectivity index (χ3v) is 6.73. The average Bonchev–Trinajstić information content (AvgIpc) is 3.23. The molecule has 3 aliphatic rings. The number of aromatic nitrogens is 1. The summed E-state index contributed by atoms with van der Waals surface area (Å²) in [5.74, 6) is 1.58. The summed E-state index contributed by atoms with van der Waals surface area (Å²) < 4.78 is 0. The fourth-order valence-electron chi connectivity index (χ4n) is 5.62. The minimum absolute atomic E-state index is 0.666. The first-order valence-corrected chi connectivity index (χ1v) is 9.61. The molecule has 3 heteroatoms. The van der Waals surface area contributed by atoms with E-state index >= 15 is 0 Å². The maximum atomic E-state index is 4.47. The van der Waals surface area contributed by atoms with Gasteiger partial charge in [0.25, 0.3) is 0 Å². The zero-order valence-electron chi connectivity index (χ0n) is 15.4. The molecule has 1 aromatic heterocycles. The van der Waals surface area contributed by atoms with Gasteiger partial charge in [0.15, 0.2) is 0 Å². The van der Waals surface area contributed by atoms with Crippen LogP contribution < -0.4 is 4.90 Å². The predicted molar refractivity (Wildman–Crippen MR) is 102 cm³/mol. The molecule has 0 amide bonds. The van der Waals surface area contributed by atoms with Gasteiger partial charge in [0.1, 0.15) is 0 Å². The SMILES string of the molecule is Cc1ccc2c(c1)[C@H]1[C@@H]3C[C@@H]([C@H]1N2CCc1ccc(C)nc1)N(C)C3. The number of fused-ring (bicyclic) bond motifs is 7. The van der Waals surface area contributed by atoms with Gasteiger partial charge in [-0.2, -0.15) is 0 Å². The Balaban J connectivity index is 1.46. The van der Waals surface area contributed by atoms with E-state index in [1.54, 1.807) is 5.56 Å². The van der Waals surface area contributed by atoms with Crippen LogP contribution in [0, 0.1) is 19.8 Å². The van der Waals surface area contributed by atoms with Crippen LogP contribution in [-0.4, -0.2) is 42.1 Å². The highest BCUT2D eigenvalue weighted by Gasteiger charge is 2.56. The van der Waals surface area contributed by atoms with Crippen LogP contribution in [0.2, 0.25) is 0 Å². The minimum atomic E-state index is 0.666. The summed E-state index contributed by atoms with van der Waals surface area (Å²) in [4.78, 5) is 9.79. The number of likely N-dealkylation sites (N-methyl/N-ethyl adjacent to an activating group) is 1. The lowest BCUT2D eigenvalue weighted by Gasteiger charge is -2.38. The Morgan fingerprint density at radius 1 is 1.16 bits per heavy atom. The van der Waals surface area contributed by atoms with E-state index in [0.717, 1.165) is 36.5 Å². The van der Waals surface area contributed by atoms with Gasteiger partial charge in [-0.1, -0.05) is 23.8 Å². The van der Waals surface area contributed by atoms with Crippen molar-refractivity contribution in [3.8, 4) is 0 Å². The fraction of sp³-hybridized carbons (Fsp3) is 0.500. The number of piperidine rings is 1. The predicted octanol–water partition coefficient (Wildman–Crippen LogP) is 3.55. The molecule has 3 heterocycles. The number of pyridine rings is 1. The molecule has 2 aromatic rings. The van der Waals surface area contributed by atoms with Crippen LogP contribution in [-0.2, 0) is 6.42 Å². The molecule has 0 unspecified atom stereocenters. The van der Waals surface area contributed by atoms with Crippen molar-refractivity contribution in [3.63, 3.8) is 0 Å². The Morgan fingerprint density at radius 2 is 2.04 bits per heavy atom. The van der Waals surface area contributed by atoms with Crippen molar-refractivity contribution in [2.45, 2.75) is 44.7 Å². The molecule has 3 nitrogen and oxygen atoms in total. The second-order valence-corrected chi connectivity index (χ2v) is 8.33. The Bertz CT molecular complexity index is 797. The zero-order chi connectivity index (χ0) is 17.1. The van der Waals surface area contributed by atoms with E-state index < -0.39 is 0 Å². The highest BCUT2D eigenvalue weighted by Crippen LogP contribution is 2.56. The third kappa shape index (κ3) is 2.32. The largest absolute Gasteiger partial charge is 0.366 e. The molecule has 5 rings (SSSR count). The quantitative estimate of drug-likeness (QED) is 0.856. The molecular weight excluding hydrogens is 306 g/mol. The number of hydrogen-bond donors (Lipinski definition) is 0. The van der Waals surface area contributed by atoms with Gasteiger partial charge in [0.2, 0.25) is 0 Å². The van der Waals surface area contributed by atoms with E-state index in [1.165, 1.54) is 29.8 Å². The van der Waals surface area contributed by atoms with Crippen LogP contribution in [0.25, 0.3) is 0 Å². The molecule has 1 aromatic carbocycles. The molecule has 25 heavy (non-hydrogen) atoms. The van der Waals surface area contributed by atoms with Crippen LogP contribution in [0.15, 0.2) is 36.5 Å². The highest BCUT2D eigenvalue weighted by molar-refractivity contribution is 5.65. The van der Waals surface area contributed by atoms with Crippen molar-refractivity contribution in [2.75, 3.05) is 25.0 Å². The lowest BCUT2D eigenvalue weighted by Crippen LogP contribution is -2.49. The molecule has 1 aliphatic carbocycles. The maximum Gasteiger partial charge on any atom is 0.0518 e. The topological polar surface area (TPSA) is 19.4 Å². The Morgan fingerprint density at radius 3 is 2.84 bits per heavy atom. The van der Waals surface area contributed by atoms with Crippen molar-refractivity contribution >= 4 is 5.69 Å². The molecule has 4 atom stereocenters. The van der Waals surface area contributed by atoms with Gasteiger partial charge in [-0.3, -0.25) is 4.98 Å². The van der Waals surface area contributed by atoms with E-state index in [1.807, 2.05) is 6.20 Å². The van der Waals surface area contributed by atoms with Crippen molar-refractivity contribution in [1.29, 1.82) is 0 Å². The van der Waals surface area contributed by atoms with Crippen LogP contribution in [0.3, 0.4) is 0 Å². The van der Waals surface area contributed by atoms with Gasteiger partial charge >= 0.3 is 0 Å². The van der Waals surface area contributed by atoms with Gasteiger partial charge in [0.05, 0.1) is 6.04 Å². The molecule has 2 aliphatic heterocycles. The van der Waals surface area contributed by atoms with E-state index in [9.17, 15) is 0 Å². The smallest absolute Gasteiger partial charge is 0.0518 e. The molecule has 0 radical (unpaired) electrons. The highest BCUT2D eigenvalue weighted by atomic mass is 15.3. The van der Waals surface area contributed by atoms with Gasteiger partial charge in [0, 0.05) is 42.6 Å². The second-order valence-electron chi connectivity index (χ2n) is 8.33. The number of nitrogens with zero attached hydrogens (tertiary/aromatic N) is 3. The number of rotatable bonds is 3.